The lowest BCUT2D eigenvalue weighted by molar-refractivity contribution is -0.134. The van der Waals surface area contributed by atoms with Crippen molar-refractivity contribution >= 4 is 5.91 Å². The van der Waals surface area contributed by atoms with E-state index in [1.54, 1.807) is 0 Å². The standard InChI is InChI=1S/C17H20N4O/c22-17(16-11-18-20-19-16)21(12-14-7-3-1-4-8-14)13-15-9-5-2-6-10-15/h1-10,16,18-20H,11-13H2. The summed E-state index contributed by atoms with van der Waals surface area (Å²) in [6.07, 6.45) is 0. The van der Waals surface area contributed by atoms with E-state index in [-0.39, 0.29) is 11.9 Å². The highest BCUT2D eigenvalue weighted by Gasteiger charge is 2.27. The van der Waals surface area contributed by atoms with Crippen LogP contribution in [0.15, 0.2) is 60.7 Å². The Bertz CT molecular complexity index is 555. The van der Waals surface area contributed by atoms with Crippen LogP contribution >= 0.6 is 0 Å². The first-order valence-corrected chi connectivity index (χ1v) is 7.43. The van der Waals surface area contributed by atoms with Gasteiger partial charge in [0.25, 0.3) is 0 Å². The molecule has 1 aliphatic heterocycles. The van der Waals surface area contributed by atoms with Crippen molar-refractivity contribution in [2.75, 3.05) is 6.54 Å². The van der Waals surface area contributed by atoms with Crippen LogP contribution in [0.2, 0.25) is 0 Å². The molecule has 1 aliphatic rings. The Balaban J connectivity index is 1.76. The summed E-state index contributed by atoms with van der Waals surface area (Å²) in [6.45, 7) is 1.79. The molecule has 1 saturated heterocycles. The molecule has 2 aromatic rings. The molecule has 22 heavy (non-hydrogen) atoms. The SMILES string of the molecule is O=C(C1CNNN1)N(Cc1ccccc1)Cc1ccccc1. The number of nitrogens with one attached hydrogen (secondary N) is 3. The Morgan fingerprint density at radius 1 is 0.955 bits per heavy atom. The van der Waals surface area contributed by atoms with E-state index in [0.717, 1.165) is 11.1 Å². The van der Waals surface area contributed by atoms with Gasteiger partial charge in [0.2, 0.25) is 5.91 Å². The fraction of sp³-hybridized carbons (Fsp3) is 0.235. The third kappa shape index (κ3) is 3.71. The molecule has 1 unspecified atom stereocenters. The average Bonchev–Trinajstić information content (AvgIpc) is 3.10. The van der Waals surface area contributed by atoms with Crippen LogP contribution in [-0.2, 0) is 17.9 Å². The molecule has 0 aromatic heterocycles. The van der Waals surface area contributed by atoms with Gasteiger partial charge >= 0.3 is 0 Å². The van der Waals surface area contributed by atoms with Crippen molar-refractivity contribution in [1.29, 1.82) is 0 Å². The molecule has 2 aromatic carbocycles. The molecule has 1 fully saturated rings. The molecule has 0 radical (unpaired) electrons. The number of amides is 1. The molecule has 0 aliphatic carbocycles. The number of hydrazine groups is 2. The summed E-state index contributed by atoms with van der Waals surface area (Å²) in [4.78, 5) is 14.6. The molecule has 5 nitrogen and oxygen atoms in total. The zero-order valence-electron chi connectivity index (χ0n) is 12.3. The summed E-state index contributed by atoms with van der Waals surface area (Å²) < 4.78 is 0. The fourth-order valence-corrected chi connectivity index (χ4v) is 2.53. The van der Waals surface area contributed by atoms with Crippen LogP contribution in [0.3, 0.4) is 0 Å². The maximum atomic E-state index is 12.7. The van der Waals surface area contributed by atoms with Crippen molar-refractivity contribution in [2.45, 2.75) is 19.1 Å². The molecule has 0 spiro atoms. The monoisotopic (exact) mass is 296 g/mol. The normalized spacial score (nSPS) is 17.4. The minimum absolute atomic E-state index is 0.0882. The molecule has 1 heterocycles. The summed E-state index contributed by atoms with van der Waals surface area (Å²) in [6, 6.07) is 19.9. The van der Waals surface area contributed by atoms with Gasteiger partial charge in [0, 0.05) is 19.6 Å². The summed E-state index contributed by atoms with van der Waals surface area (Å²) in [5.41, 5.74) is 10.9. The first-order valence-electron chi connectivity index (χ1n) is 7.43. The van der Waals surface area contributed by atoms with E-state index in [9.17, 15) is 4.79 Å². The second-order valence-electron chi connectivity index (χ2n) is 5.37. The van der Waals surface area contributed by atoms with Crippen molar-refractivity contribution in [1.82, 2.24) is 21.3 Å². The fourth-order valence-electron chi connectivity index (χ4n) is 2.53. The predicted octanol–water partition coefficient (Wildman–Crippen LogP) is 1.20. The number of hydrogen-bond donors (Lipinski definition) is 3. The number of rotatable bonds is 5. The zero-order valence-corrected chi connectivity index (χ0v) is 12.3. The maximum absolute atomic E-state index is 12.7. The Kier molecular flexibility index (Phi) is 4.80. The molecule has 114 valence electrons. The Hall–Kier alpha value is -2.21. The first-order chi connectivity index (χ1) is 10.8. The smallest absolute Gasteiger partial charge is 0.243 e. The summed E-state index contributed by atoms with van der Waals surface area (Å²) in [7, 11) is 0. The van der Waals surface area contributed by atoms with E-state index >= 15 is 0 Å². The maximum Gasteiger partial charge on any atom is 0.243 e. The van der Waals surface area contributed by atoms with Crippen LogP contribution in [-0.4, -0.2) is 23.4 Å². The summed E-state index contributed by atoms with van der Waals surface area (Å²) in [5, 5.41) is 0. The minimum Gasteiger partial charge on any atom is -0.333 e. The zero-order chi connectivity index (χ0) is 15.2. The van der Waals surface area contributed by atoms with Gasteiger partial charge < -0.3 is 4.90 Å². The number of nitrogens with zero attached hydrogens (tertiary/aromatic N) is 1. The molecule has 0 bridgehead atoms. The Labute approximate surface area is 130 Å². The van der Waals surface area contributed by atoms with Gasteiger partial charge in [-0.25, -0.2) is 10.9 Å². The average molecular weight is 296 g/mol. The van der Waals surface area contributed by atoms with Gasteiger partial charge in [-0.3, -0.25) is 4.79 Å². The second-order valence-corrected chi connectivity index (χ2v) is 5.37. The quantitative estimate of drug-likeness (QED) is 0.776. The van der Waals surface area contributed by atoms with Crippen molar-refractivity contribution in [3.05, 3.63) is 71.8 Å². The van der Waals surface area contributed by atoms with Crippen LogP contribution in [0.4, 0.5) is 0 Å². The van der Waals surface area contributed by atoms with Gasteiger partial charge in [0.05, 0.1) is 0 Å². The summed E-state index contributed by atoms with van der Waals surface area (Å²) >= 11 is 0. The van der Waals surface area contributed by atoms with Gasteiger partial charge in [-0.05, 0) is 11.1 Å². The second kappa shape index (κ2) is 7.17. The van der Waals surface area contributed by atoms with Gasteiger partial charge in [-0.1, -0.05) is 60.7 Å². The molecular formula is C17H20N4O. The highest BCUT2D eigenvalue weighted by molar-refractivity contribution is 5.82. The van der Waals surface area contributed by atoms with Crippen molar-refractivity contribution in [3.63, 3.8) is 0 Å². The molecule has 0 saturated carbocycles. The van der Waals surface area contributed by atoms with Crippen LogP contribution < -0.4 is 16.4 Å². The largest absolute Gasteiger partial charge is 0.333 e. The Morgan fingerprint density at radius 2 is 1.50 bits per heavy atom. The molecule has 5 heteroatoms. The van der Waals surface area contributed by atoms with Crippen molar-refractivity contribution in [3.8, 4) is 0 Å². The molecule has 3 N–H and O–H groups in total. The van der Waals surface area contributed by atoms with Gasteiger partial charge in [0.15, 0.2) is 0 Å². The lowest BCUT2D eigenvalue weighted by atomic mass is 10.1. The Morgan fingerprint density at radius 3 is 1.95 bits per heavy atom. The van der Waals surface area contributed by atoms with E-state index in [4.69, 9.17) is 0 Å². The lowest BCUT2D eigenvalue weighted by Gasteiger charge is -2.25. The first kappa shape index (κ1) is 14.7. The van der Waals surface area contributed by atoms with Crippen molar-refractivity contribution < 1.29 is 4.79 Å². The van der Waals surface area contributed by atoms with Gasteiger partial charge in [-0.2, -0.15) is 5.53 Å². The minimum atomic E-state index is -0.243. The summed E-state index contributed by atoms with van der Waals surface area (Å²) in [5.74, 6) is 0.0882. The number of benzene rings is 2. The van der Waals surface area contributed by atoms with E-state index in [1.807, 2.05) is 65.6 Å². The van der Waals surface area contributed by atoms with Gasteiger partial charge in [0.1, 0.15) is 6.04 Å². The highest BCUT2D eigenvalue weighted by atomic mass is 16.2. The third-order valence-corrected chi connectivity index (χ3v) is 3.68. The number of hydrogen-bond acceptors (Lipinski definition) is 4. The van der Waals surface area contributed by atoms with Crippen molar-refractivity contribution in [2.24, 2.45) is 0 Å². The molecular weight excluding hydrogens is 276 g/mol. The van der Waals surface area contributed by atoms with Crippen LogP contribution in [0.1, 0.15) is 11.1 Å². The van der Waals surface area contributed by atoms with E-state index in [2.05, 4.69) is 16.4 Å². The van der Waals surface area contributed by atoms with E-state index in [1.165, 1.54) is 0 Å². The topological polar surface area (TPSA) is 56.4 Å². The van der Waals surface area contributed by atoms with E-state index in [0.29, 0.717) is 19.6 Å². The number of carbonyl (C=O) groups is 1. The molecule has 1 amide bonds. The molecule has 3 rings (SSSR count). The van der Waals surface area contributed by atoms with E-state index < -0.39 is 0 Å². The molecule has 1 atom stereocenters. The van der Waals surface area contributed by atoms with Crippen LogP contribution in [0.5, 0.6) is 0 Å². The third-order valence-electron chi connectivity index (χ3n) is 3.68. The predicted molar refractivity (Wildman–Crippen MR) is 85.2 cm³/mol. The highest BCUT2D eigenvalue weighted by Crippen LogP contribution is 2.12. The van der Waals surface area contributed by atoms with Crippen LogP contribution in [0.25, 0.3) is 0 Å². The van der Waals surface area contributed by atoms with Crippen LogP contribution in [0, 0.1) is 0 Å². The number of carbonyl (C=O) groups excluding carboxylic acids is 1. The lowest BCUT2D eigenvalue weighted by Crippen LogP contribution is -2.46. The van der Waals surface area contributed by atoms with Gasteiger partial charge in [-0.15, -0.1) is 0 Å².